The quantitative estimate of drug-likeness (QED) is 0.795. The standard InChI is InChI=1S/C16H21F3N2O2/c1-3-23-15(22)13-5-4-8-21(10-13)9-12-6-7-14(16(17,18)19)20-11(12)2/h6-7,13H,3-5,8-10H2,1-2H3/t13-/m1/s1. The molecule has 0 radical (unpaired) electrons. The minimum absolute atomic E-state index is 0.161. The van der Waals surface area contributed by atoms with Crippen molar-refractivity contribution in [3.63, 3.8) is 0 Å². The monoisotopic (exact) mass is 330 g/mol. The minimum Gasteiger partial charge on any atom is -0.466 e. The molecule has 0 unspecified atom stereocenters. The first-order valence-corrected chi connectivity index (χ1v) is 7.74. The van der Waals surface area contributed by atoms with Gasteiger partial charge in [-0.15, -0.1) is 0 Å². The van der Waals surface area contributed by atoms with Gasteiger partial charge in [0.1, 0.15) is 5.69 Å². The second kappa shape index (κ2) is 7.29. The summed E-state index contributed by atoms with van der Waals surface area (Å²) in [6.45, 7) is 5.59. The molecule has 23 heavy (non-hydrogen) atoms. The van der Waals surface area contributed by atoms with Crippen LogP contribution in [0.4, 0.5) is 13.2 Å². The Balaban J connectivity index is 2.03. The van der Waals surface area contributed by atoms with Crippen LogP contribution >= 0.6 is 0 Å². The average molecular weight is 330 g/mol. The lowest BCUT2D eigenvalue weighted by Gasteiger charge is -2.31. The van der Waals surface area contributed by atoms with E-state index in [1.165, 1.54) is 6.07 Å². The van der Waals surface area contributed by atoms with E-state index in [-0.39, 0.29) is 11.9 Å². The molecule has 0 spiro atoms. The maximum atomic E-state index is 12.6. The Morgan fingerprint density at radius 2 is 2.17 bits per heavy atom. The molecule has 1 atom stereocenters. The van der Waals surface area contributed by atoms with Gasteiger partial charge in [-0.1, -0.05) is 6.07 Å². The van der Waals surface area contributed by atoms with Gasteiger partial charge in [0.2, 0.25) is 0 Å². The van der Waals surface area contributed by atoms with Crippen molar-refractivity contribution in [3.05, 3.63) is 29.1 Å². The number of alkyl halides is 3. The Labute approximate surface area is 133 Å². The second-order valence-corrected chi connectivity index (χ2v) is 5.77. The van der Waals surface area contributed by atoms with Crippen LogP contribution in [0.25, 0.3) is 0 Å². The lowest BCUT2D eigenvalue weighted by atomic mass is 9.97. The fourth-order valence-corrected chi connectivity index (χ4v) is 2.81. The zero-order valence-electron chi connectivity index (χ0n) is 13.3. The molecular weight excluding hydrogens is 309 g/mol. The number of carbonyl (C=O) groups excluding carboxylic acids is 1. The molecule has 1 fully saturated rings. The van der Waals surface area contributed by atoms with Gasteiger partial charge in [0.15, 0.2) is 0 Å². The number of aryl methyl sites for hydroxylation is 1. The highest BCUT2D eigenvalue weighted by Gasteiger charge is 2.33. The first kappa shape index (κ1) is 17.7. The van der Waals surface area contributed by atoms with Crippen molar-refractivity contribution >= 4 is 5.97 Å². The number of pyridine rings is 1. The van der Waals surface area contributed by atoms with E-state index in [1.807, 2.05) is 0 Å². The van der Waals surface area contributed by atoms with Gasteiger partial charge in [-0.25, -0.2) is 4.98 Å². The van der Waals surface area contributed by atoms with E-state index in [4.69, 9.17) is 4.74 Å². The molecule has 0 aromatic carbocycles. The molecule has 0 saturated carbocycles. The topological polar surface area (TPSA) is 42.4 Å². The first-order chi connectivity index (χ1) is 10.8. The number of ether oxygens (including phenoxy) is 1. The normalized spacial score (nSPS) is 19.6. The molecule has 2 heterocycles. The fourth-order valence-electron chi connectivity index (χ4n) is 2.81. The van der Waals surface area contributed by atoms with E-state index in [2.05, 4.69) is 9.88 Å². The summed E-state index contributed by atoms with van der Waals surface area (Å²) in [6.07, 6.45) is -2.76. The van der Waals surface area contributed by atoms with Crippen LogP contribution in [0.15, 0.2) is 12.1 Å². The maximum Gasteiger partial charge on any atom is 0.433 e. The maximum absolute atomic E-state index is 12.6. The summed E-state index contributed by atoms with van der Waals surface area (Å²) in [5.74, 6) is -0.356. The van der Waals surface area contributed by atoms with Crippen molar-refractivity contribution in [1.29, 1.82) is 0 Å². The number of carbonyl (C=O) groups is 1. The number of hydrogen-bond donors (Lipinski definition) is 0. The van der Waals surface area contributed by atoms with Crippen molar-refractivity contribution in [2.75, 3.05) is 19.7 Å². The number of hydrogen-bond acceptors (Lipinski definition) is 4. The van der Waals surface area contributed by atoms with Gasteiger partial charge >= 0.3 is 12.1 Å². The molecule has 1 aliphatic heterocycles. The summed E-state index contributed by atoms with van der Waals surface area (Å²) in [7, 11) is 0. The van der Waals surface area contributed by atoms with E-state index in [9.17, 15) is 18.0 Å². The summed E-state index contributed by atoms with van der Waals surface area (Å²) in [5, 5.41) is 0. The molecule has 4 nitrogen and oxygen atoms in total. The molecule has 128 valence electrons. The average Bonchev–Trinajstić information content (AvgIpc) is 2.49. The van der Waals surface area contributed by atoms with Crippen molar-refractivity contribution < 1.29 is 22.7 Å². The Hall–Kier alpha value is -1.63. The van der Waals surface area contributed by atoms with Crippen LogP contribution in [0.5, 0.6) is 0 Å². The van der Waals surface area contributed by atoms with Crippen LogP contribution in [-0.2, 0) is 22.3 Å². The third-order valence-corrected chi connectivity index (χ3v) is 4.01. The van der Waals surface area contributed by atoms with Gasteiger partial charge < -0.3 is 4.74 Å². The van der Waals surface area contributed by atoms with Crippen molar-refractivity contribution in [1.82, 2.24) is 9.88 Å². The highest BCUT2D eigenvalue weighted by molar-refractivity contribution is 5.72. The lowest BCUT2D eigenvalue weighted by Crippen LogP contribution is -2.39. The zero-order chi connectivity index (χ0) is 17.0. The third-order valence-electron chi connectivity index (χ3n) is 4.01. The van der Waals surface area contributed by atoms with E-state index < -0.39 is 11.9 Å². The number of likely N-dealkylation sites (tertiary alicyclic amines) is 1. The number of piperidine rings is 1. The minimum atomic E-state index is -4.43. The number of aromatic nitrogens is 1. The van der Waals surface area contributed by atoms with Crippen molar-refractivity contribution in [2.45, 2.75) is 39.4 Å². The van der Waals surface area contributed by atoms with Crippen LogP contribution in [0.3, 0.4) is 0 Å². The lowest BCUT2D eigenvalue weighted by molar-refractivity contribution is -0.150. The van der Waals surface area contributed by atoms with E-state index in [1.54, 1.807) is 13.8 Å². The molecule has 7 heteroatoms. The molecular formula is C16H21F3N2O2. The van der Waals surface area contributed by atoms with E-state index in [0.717, 1.165) is 31.0 Å². The SMILES string of the molecule is CCOC(=O)[C@@H]1CCCN(Cc2ccc(C(F)(F)F)nc2C)C1. The van der Waals surface area contributed by atoms with Crippen LogP contribution in [0.1, 0.15) is 36.7 Å². The van der Waals surface area contributed by atoms with Gasteiger partial charge in [-0.2, -0.15) is 13.2 Å². The Bertz CT molecular complexity index is 561. The largest absolute Gasteiger partial charge is 0.466 e. The summed E-state index contributed by atoms with van der Waals surface area (Å²) in [4.78, 5) is 17.6. The Morgan fingerprint density at radius 3 is 2.78 bits per heavy atom. The highest BCUT2D eigenvalue weighted by Crippen LogP contribution is 2.28. The first-order valence-electron chi connectivity index (χ1n) is 7.74. The van der Waals surface area contributed by atoms with Crippen LogP contribution in [0, 0.1) is 12.8 Å². The zero-order valence-corrected chi connectivity index (χ0v) is 13.3. The van der Waals surface area contributed by atoms with E-state index >= 15 is 0 Å². The fraction of sp³-hybridized carbons (Fsp3) is 0.625. The summed E-state index contributed by atoms with van der Waals surface area (Å²) < 4.78 is 43.0. The van der Waals surface area contributed by atoms with E-state index in [0.29, 0.717) is 25.4 Å². The molecule has 1 aliphatic rings. The van der Waals surface area contributed by atoms with Gasteiger partial charge in [0.25, 0.3) is 0 Å². The van der Waals surface area contributed by atoms with Crippen LogP contribution in [-0.4, -0.2) is 35.5 Å². The Kier molecular flexibility index (Phi) is 5.62. The third kappa shape index (κ3) is 4.67. The molecule has 0 aliphatic carbocycles. The molecule has 2 rings (SSSR count). The number of rotatable bonds is 4. The second-order valence-electron chi connectivity index (χ2n) is 5.77. The highest BCUT2D eigenvalue weighted by atomic mass is 19.4. The van der Waals surface area contributed by atoms with Gasteiger partial charge in [-0.05, 0) is 44.9 Å². The summed E-state index contributed by atoms with van der Waals surface area (Å²) in [6, 6.07) is 2.48. The van der Waals surface area contributed by atoms with Crippen molar-refractivity contribution in [3.8, 4) is 0 Å². The van der Waals surface area contributed by atoms with Crippen LogP contribution < -0.4 is 0 Å². The summed E-state index contributed by atoms with van der Waals surface area (Å²) in [5.41, 5.74) is 0.252. The predicted molar refractivity (Wildman–Crippen MR) is 78.6 cm³/mol. The number of halogens is 3. The van der Waals surface area contributed by atoms with Crippen LogP contribution in [0.2, 0.25) is 0 Å². The number of nitrogens with zero attached hydrogens (tertiary/aromatic N) is 2. The van der Waals surface area contributed by atoms with Crippen molar-refractivity contribution in [2.24, 2.45) is 5.92 Å². The molecule has 1 saturated heterocycles. The molecule has 0 bridgehead atoms. The molecule has 1 aromatic heterocycles. The van der Waals surface area contributed by atoms with Gasteiger partial charge in [-0.3, -0.25) is 9.69 Å². The molecule has 0 N–H and O–H groups in total. The summed E-state index contributed by atoms with van der Waals surface area (Å²) >= 11 is 0. The predicted octanol–water partition coefficient (Wildman–Crippen LogP) is 3.18. The smallest absolute Gasteiger partial charge is 0.433 e. The molecule has 1 aromatic rings. The number of esters is 1. The van der Waals surface area contributed by atoms with Gasteiger partial charge in [0, 0.05) is 18.8 Å². The van der Waals surface area contributed by atoms with Gasteiger partial charge in [0.05, 0.1) is 12.5 Å². The Morgan fingerprint density at radius 1 is 1.43 bits per heavy atom. The molecule has 0 amide bonds.